The minimum Gasteiger partial charge on any atom is -0.391 e. The Kier molecular flexibility index (Phi) is 1.94. The number of rotatable bonds is 0. The van der Waals surface area contributed by atoms with E-state index in [4.69, 9.17) is 0 Å². The molecule has 1 unspecified atom stereocenters. The highest BCUT2D eigenvalue weighted by molar-refractivity contribution is 7.86. The summed E-state index contributed by atoms with van der Waals surface area (Å²) < 4.78 is 37.8. The van der Waals surface area contributed by atoms with Crippen LogP contribution in [-0.2, 0) is 14.3 Å². The first-order chi connectivity index (χ1) is 4.60. The standard InChI is InChI=1S/C5H7FO3S/c6-5-2-1-3-9-10(7,8)4-5/h1,3,5H,2,4H2. The van der Waals surface area contributed by atoms with Crippen molar-refractivity contribution in [2.45, 2.75) is 12.6 Å². The third kappa shape index (κ3) is 1.98. The zero-order valence-corrected chi connectivity index (χ0v) is 5.97. The molecule has 0 saturated heterocycles. The highest BCUT2D eigenvalue weighted by atomic mass is 32.2. The fourth-order valence-electron chi connectivity index (χ4n) is 0.656. The van der Waals surface area contributed by atoms with E-state index in [9.17, 15) is 12.8 Å². The van der Waals surface area contributed by atoms with E-state index in [2.05, 4.69) is 4.18 Å². The molecular weight excluding hydrogens is 159 g/mol. The smallest absolute Gasteiger partial charge is 0.311 e. The van der Waals surface area contributed by atoms with Gasteiger partial charge >= 0.3 is 10.1 Å². The van der Waals surface area contributed by atoms with Crippen molar-refractivity contribution in [2.75, 3.05) is 5.75 Å². The number of allylic oxidation sites excluding steroid dienone is 1. The van der Waals surface area contributed by atoms with Crippen molar-refractivity contribution in [1.82, 2.24) is 0 Å². The van der Waals surface area contributed by atoms with Crippen LogP contribution >= 0.6 is 0 Å². The number of alkyl halides is 1. The predicted molar refractivity (Wildman–Crippen MR) is 33.5 cm³/mol. The topological polar surface area (TPSA) is 43.4 Å². The predicted octanol–water partition coefficient (Wildman–Crippen LogP) is 0.588. The second-order valence-corrected chi connectivity index (χ2v) is 3.67. The van der Waals surface area contributed by atoms with Gasteiger partial charge in [0.1, 0.15) is 18.2 Å². The van der Waals surface area contributed by atoms with Gasteiger partial charge < -0.3 is 4.18 Å². The van der Waals surface area contributed by atoms with Crippen molar-refractivity contribution >= 4 is 10.1 Å². The second-order valence-electron chi connectivity index (χ2n) is 2.03. The number of halogens is 1. The van der Waals surface area contributed by atoms with E-state index in [1.165, 1.54) is 6.08 Å². The van der Waals surface area contributed by atoms with E-state index in [1.54, 1.807) is 0 Å². The van der Waals surface area contributed by atoms with Crippen molar-refractivity contribution < 1.29 is 17.0 Å². The van der Waals surface area contributed by atoms with E-state index in [0.717, 1.165) is 6.26 Å². The molecule has 0 aromatic heterocycles. The van der Waals surface area contributed by atoms with Gasteiger partial charge in [-0.15, -0.1) is 0 Å². The summed E-state index contributed by atoms with van der Waals surface area (Å²) in [4.78, 5) is 0. The molecule has 1 aliphatic heterocycles. The van der Waals surface area contributed by atoms with Gasteiger partial charge in [0.15, 0.2) is 0 Å². The summed E-state index contributed by atoms with van der Waals surface area (Å²) in [6.45, 7) is 0. The molecule has 0 radical (unpaired) electrons. The van der Waals surface area contributed by atoms with Crippen molar-refractivity contribution in [3.05, 3.63) is 12.3 Å². The van der Waals surface area contributed by atoms with Crippen LogP contribution in [0.5, 0.6) is 0 Å². The number of hydrogen-bond acceptors (Lipinski definition) is 3. The first kappa shape index (κ1) is 7.53. The fourth-order valence-corrected chi connectivity index (χ4v) is 1.56. The van der Waals surface area contributed by atoms with E-state index in [0.29, 0.717) is 0 Å². The molecule has 5 heteroatoms. The average Bonchev–Trinajstić information content (AvgIpc) is 1.90. The first-order valence-electron chi connectivity index (χ1n) is 2.80. The molecule has 58 valence electrons. The van der Waals surface area contributed by atoms with E-state index < -0.39 is 22.0 Å². The number of hydrogen-bond donors (Lipinski definition) is 0. The van der Waals surface area contributed by atoms with E-state index in [1.807, 2.05) is 0 Å². The quantitative estimate of drug-likeness (QED) is 0.494. The fraction of sp³-hybridized carbons (Fsp3) is 0.600. The summed E-state index contributed by atoms with van der Waals surface area (Å²) in [7, 11) is -3.63. The van der Waals surface area contributed by atoms with Crippen LogP contribution < -0.4 is 0 Å². The van der Waals surface area contributed by atoms with Gasteiger partial charge in [0.05, 0.1) is 0 Å². The summed E-state index contributed by atoms with van der Waals surface area (Å²) in [5.74, 6) is -0.542. The van der Waals surface area contributed by atoms with Gasteiger partial charge in [-0.1, -0.05) is 0 Å². The zero-order valence-electron chi connectivity index (χ0n) is 5.16. The Hall–Kier alpha value is -0.580. The molecule has 0 bridgehead atoms. The summed E-state index contributed by atoms with van der Waals surface area (Å²) in [5, 5.41) is 0. The highest BCUT2D eigenvalue weighted by Crippen LogP contribution is 2.10. The third-order valence-corrected chi connectivity index (χ3v) is 2.25. The second kappa shape index (κ2) is 2.57. The maximum atomic E-state index is 12.4. The average molecular weight is 166 g/mol. The largest absolute Gasteiger partial charge is 0.391 e. The highest BCUT2D eigenvalue weighted by Gasteiger charge is 2.20. The maximum Gasteiger partial charge on any atom is 0.311 e. The van der Waals surface area contributed by atoms with Gasteiger partial charge in [-0.05, 0) is 6.08 Å². The van der Waals surface area contributed by atoms with Gasteiger partial charge in [0.2, 0.25) is 0 Å². The SMILES string of the molecule is O=S1(=O)CC(F)CC=CO1. The van der Waals surface area contributed by atoms with E-state index in [-0.39, 0.29) is 6.42 Å². The molecule has 3 nitrogen and oxygen atoms in total. The van der Waals surface area contributed by atoms with Crippen LogP contribution in [-0.4, -0.2) is 20.3 Å². The molecule has 1 heterocycles. The molecule has 0 amide bonds. The van der Waals surface area contributed by atoms with Crippen LogP contribution in [0, 0.1) is 0 Å². The van der Waals surface area contributed by atoms with Crippen LogP contribution in [0.4, 0.5) is 4.39 Å². The van der Waals surface area contributed by atoms with Crippen LogP contribution in [0.3, 0.4) is 0 Å². The van der Waals surface area contributed by atoms with Crippen molar-refractivity contribution in [3.8, 4) is 0 Å². The molecule has 0 spiro atoms. The van der Waals surface area contributed by atoms with Crippen molar-refractivity contribution in [2.24, 2.45) is 0 Å². The Labute approximate surface area is 58.6 Å². The molecule has 0 aromatic rings. The molecule has 0 saturated carbocycles. The molecule has 0 aromatic carbocycles. The first-order valence-corrected chi connectivity index (χ1v) is 4.38. The molecule has 1 atom stereocenters. The molecule has 1 rings (SSSR count). The van der Waals surface area contributed by atoms with E-state index >= 15 is 0 Å². The summed E-state index contributed by atoms with van der Waals surface area (Å²) in [6.07, 6.45) is 1.15. The minimum atomic E-state index is -3.63. The Balaban J connectivity index is 2.76. The molecule has 0 fully saturated rings. The van der Waals surface area contributed by atoms with Gasteiger partial charge in [0, 0.05) is 6.42 Å². The maximum absolute atomic E-state index is 12.4. The summed E-state index contributed by atoms with van der Waals surface area (Å²) >= 11 is 0. The Morgan fingerprint density at radius 3 is 3.00 bits per heavy atom. The normalized spacial score (nSPS) is 30.7. The monoisotopic (exact) mass is 166 g/mol. The van der Waals surface area contributed by atoms with Gasteiger partial charge in [0.25, 0.3) is 0 Å². The minimum absolute atomic E-state index is 0.110. The molecule has 0 N–H and O–H groups in total. The third-order valence-electron chi connectivity index (χ3n) is 1.08. The van der Waals surface area contributed by atoms with Crippen LogP contribution in [0.25, 0.3) is 0 Å². The van der Waals surface area contributed by atoms with Crippen LogP contribution in [0.1, 0.15) is 6.42 Å². The van der Waals surface area contributed by atoms with Gasteiger partial charge in [-0.25, -0.2) is 4.39 Å². The Morgan fingerprint density at radius 2 is 2.30 bits per heavy atom. The summed E-state index contributed by atoms with van der Waals surface area (Å²) in [6, 6.07) is 0. The Bertz CT molecular complexity index is 231. The van der Waals surface area contributed by atoms with Crippen molar-refractivity contribution in [3.63, 3.8) is 0 Å². The van der Waals surface area contributed by atoms with Crippen LogP contribution in [0.2, 0.25) is 0 Å². The lowest BCUT2D eigenvalue weighted by atomic mass is 10.3. The van der Waals surface area contributed by atoms with Gasteiger partial charge in [-0.2, -0.15) is 8.42 Å². The van der Waals surface area contributed by atoms with Gasteiger partial charge in [-0.3, -0.25) is 0 Å². The molecule has 0 aliphatic carbocycles. The Morgan fingerprint density at radius 1 is 1.60 bits per heavy atom. The summed E-state index contributed by atoms with van der Waals surface area (Å²) in [5.41, 5.74) is 0. The molecule has 10 heavy (non-hydrogen) atoms. The van der Waals surface area contributed by atoms with Crippen LogP contribution in [0.15, 0.2) is 12.3 Å². The molecular formula is C5H7FO3S. The van der Waals surface area contributed by atoms with Crippen molar-refractivity contribution in [1.29, 1.82) is 0 Å². The lowest BCUT2D eigenvalue weighted by Crippen LogP contribution is -2.14. The zero-order chi connectivity index (χ0) is 7.61. The lowest BCUT2D eigenvalue weighted by molar-refractivity contribution is 0.361. The molecule has 1 aliphatic rings. The lowest BCUT2D eigenvalue weighted by Gasteiger charge is -2.00.